The normalized spacial score (nSPS) is 10.4. The number of benzene rings is 2. The zero-order chi connectivity index (χ0) is 18.4. The van der Waals surface area contributed by atoms with Crippen LogP contribution in [-0.4, -0.2) is 31.3 Å². The Balaban J connectivity index is 1.48. The molecule has 0 radical (unpaired) electrons. The molecule has 134 valence electrons. The summed E-state index contributed by atoms with van der Waals surface area (Å²) in [5, 5.41) is 2.51. The number of ether oxygens (including phenoxy) is 3. The molecule has 0 fully saturated rings. The van der Waals surface area contributed by atoms with Gasteiger partial charge in [0.25, 0.3) is 0 Å². The van der Waals surface area contributed by atoms with Crippen molar-refractivity contribution >= 4 is 17.3 Å². The predicted octanol–water partition coefficient (Wildman–Crippen LogP) is 4.36. The molecule has 0 aliphatic heterocycles. The molecule has 0 amide bonds. The molecule has 3 rings (SSSR count). The second-order valence-electron chi connectivity index (χ2n) is 5.56. The lowest BCUT2D eigenvalue weighted by molar-refractivity contribution is 0.0444. The summed E-state index contributed by atoms with van der Waals surface area (Å²) < 4.78 is 15.8. The van der Waals surface area contributed by atoms with Crippen molar-refractivity contribution in [2.24, 2.45) is 0 Å². The van der Waals surface area contributed by atoms with E-state index in [1.807, 2.05) is 43.3 Å². The Kier molecular flexibility index (Phi) is 5.86. The van der Waals surface area contributed by atoms with Gasteiger partial charge in [-0.2, -0.15) is 0 Å². The second-order valence-corrected chi connectivity index (χ2v) is 6.42. The van der Waals surface area contributed by atoms with Gasteiger partial charge in [0.1, 0.15) is 29.7 Å². The number of carbonyl (C=O) groups excluding carboxylic acids is 1. The minimum Gasteiger partial charge on any atom is -0.497 e. The molecule has 0 unspecified atom stereocenters. The summed E-state index contributed by atoms with van der Waals surface area (Å²) in [4.78, 5) is 16.4. The maximum atomic E-state index is 12.1. The molecule has 0 aliphatic carbocycles. The van der Waals surface area contributed by atoms with Gasteiger partial charge in [0.05, 0.1) is 7.11 Å². The topological polar surface area (TPSA) is 57.7 Å². The van der Waals surface area contributed by atoms with Crippen LogP contribution in [0.25, 0.3) is 10.6 Å². The molecule has 2 aromatic carbocycles. The van der Waals surface area contributed by atoms with Gasteiger partial charge in [0, 0.05) is 10.9 Å². The highest BCUT2D eigenvalue weighted by molar-refractivity contribution is 7.13. The Morgan fingerprint density at radius 2 is 1.69 bits per heavy atom. The Morgan fingerprint density at radius 1 is 1.00 bits per heavy atom. The van der Waals surface area contributed by atoms with Crippen LogP contribution in [0.15, 0.2) is 53.9 Å². The van der Waals surface area contributed by atoms with Gasteiger partial charge >= 0.3 is 5.97 Å². The summed E-state index contributed by atoms with van der Waals surface area (Å²) in [6.07, 6.45) is 0. The fraction of sp³-hybridized carbons (Fsp3) is 0.200. The molecule has 0 saturated heterocycles. The standard InChI is InChI=1S/C20H19NO4S/c1-14-3-5-15(6-4-14)19-21-18(13-26-19)20(22)25-12-11-24-17-9-7-16(23-2)8-10-17/h3-10,13H,11-12H2,1-2H3. The number of aromatic nitrogens is 1. The van der Waals surface area contributed by atoms with Gasteiger partial charge < -0.3 is 14.2 Å². The van der Waals surface area contributed by atoms with Crippen molar-refractivity contribution < 1.29 is 19.0 Å². The van der Waals surface area contributed by atoms with Crippen molar-refractivity contribution in [3.05, 3.63) is 65.2 Å². The number of esters is 1. The third kappa shape index (κ3) is 4.61. The fourth-order valence-corrected chi connectivity index (χ4v) is 3.03. The number of hydrogen-bond acceptors (Lipinski definition) is 6. The zero-order valence-electron chi connectivity index (χ0n) is 14.6. The van der Waals surface area contributed by atoms with Crippen molar-refractivity contribution in [2.45, 2.75) is 6.92 Å². The number of carbonyl (C=O) groups is 1. The van der Waals surface area contributed by atoms with E-state index in [1.165, 1.54) is 16.9 Å². The molecule has 1 heterocycles. The Labute approximate surface area is 156 Å². The molecule has 0 atom stereocenters. The van der Waals surface area contributed by atoms with E-state index in [-0.39, 0.29) is 13.2 Å². The van der Waals surface area contributed by atoms with Gasteiger partial charge in [-0.1, -0.05) is 29.8 Å². The van der Waals surface area contributed by atoms with E-state index in [1.54, 1.807) is 24.6 Å². The zero-order valence-corrected chi connectivity index (χ0v) is 15.4. The van der Waals surface area contributed by atoms with Gasteiger partial charge in [-0.15, -0.1) is 11.3 Å². The average molecular weight is 369 g/mol. The van der Waals surface area contributed by atoms with Crippen LogP contribution in [0.2, 0.25) is 0 Å². The highest BCUT2D eigenvalue weighted by Crippen LogP contribution is 2.24. The van der Waals surface area contributed by atoms with Crippen LogP contribution in [0.4, 0.5) is 0 Å². The van der Waals surface area contributed by atoms with Crippen LogP contribution in [0.1, 0.15) is 16.1 Å². The summed E-state index contributed by atoms with van der Waals surface area (Å²) in [5.74, 6) is 1.01. The first-order valence-corrected chi connectivity index (χ1v) is 9.00. The summed E-state index contributed by atoms with van der Waals surface area (Å²) in [6, 6.07) is 15.2. The Bertz CT molecular complexity index is 856. The number of nitrogens with zero attached hydrogens (tertiary/aromatic N) is 1. The smallest absolute Gasteiger partial charge is 0.357 e. The van der Waals surface area contributed by atoms with E-state index in [0.717, 1.165) is 16.3 Å². The van der Waals surface area contributed by atoms with Gasteiger partial charge in [-0.3, -0.25) is 0 Å². The molecule has 1 aromatic heterocycles. The average Bonchev–Trinajstić information content (AvgIpc) is 3.16. The number of aryl methyl sites for hydroxylation is 1. The van der Waals surface area contributed by atoms with Crippen molar-refractivity contribution in [3.8, 4) is 22.1 Å². The summed E-state index contributed by atoms with van der Waals surface area (Å²) in [6.45, 7) is 2.46. The van der Waals surface area contributed by atoms with Gasteiger partial charge in [-0.05, 0) is 31.2 Å². The summed E-state index contributed by atoms with van der Waals surface area (Å²) in [7, 11) is 1.61. The van der Waals surface area contributed by atoms with Gasteiger partial charge in [0.15, 0.2) is 5.69 Å². The lowest BCUT2D eigenvalue weighted by atomic mass is 10.2. The number of methoxy groups -OCH3 is 1. The number of thiazole rings is 1. The van der Waals surface area contributed by atoms with E-state index < -0.39 is 5.97 Å². The molecular formula is C20H19NO4S. The van der Waals surface area contributed by atoms with Crippen LogP contribution in [0, 0.1) is 6.92 Å². The molecule has 0 saturated carbocycles. The minimum absolute atomic E-state index is 0.155. The van der Waals surface area contributed by atoms with E-state index in [2.05, 4.69) is 4.98 Å². The first kappa shape index (κ1) is 17.9. The van der Waals surface area contributed by atoms with E-state index in [4.69, 9.17) is 14.2 Å². The van der Waals surface area contributed by atoms with E-state index in [9.17, 15) is 4.79 Å². The van der Waals surface area contributed by atoms with Crippen molar-refractivity contribution in [2.75, 3.05) is 20.3 Å². The Hall–Kier alpha value is -2.86. The van der Waals surface area contributed by atoms with Crippen LogP contribution < -0.4 is 9.47 Å². The summed E-state index contributed by atoms with van der Waals surface area (Å²) in [5.41, 5.74) is 2.49. The first-order valence-electron chi connectivity index (χ1n) is 8.12. The monoisotopic (exact) mass is 369 g/mol. The second kappa shape index (κ2) is 8.49. The molecule has 0 aliphatic rings. The van der Waals surface area contributed by atoms with Crippen LogP contribution in [0.3, 0.4) is 0 Å². The maximum absolute atomic E-state index is 12.1. The van der Waals surface area contributed by atoms with Crippen molar-refractivity contribution in [1.82, 2.24) is 4.98 Å². The number of rotatable bonds is 7. The molecular weight excluding hydrogens is 350 g/mol. The quantitative estimate of drug-likeness (QED) is 0.457. The van der Waals surface area contributed by atoms with E-state index >= 15 is 0 Å². The largest absolute Gasteiger partial charge is 0.497 e. The highest BCUT2D eigenvalue weighted by atomic mass is 32.1. The highest BCUT2D eigenvalue weighted by Gasteiger charge is 2.13. The molecule has 6 heteroatoms. The van der Waals surface area contributed by atoms with E-state index in [0.29, 0.717) is 11.4 Å². The van der Waals surface area contributed by atoms with Crippen LogP contribution in [0.5, 0.6) is 11.5 Å². The van der Waals surface area contributed by atoms with Gasteiger partial charge in [-0.25, -0.2) is 9.78 Å². The summed E-state index contributed by atoms with van der Waals surface area (Å²) >= 11 is 1.42. The number of hydrogen-bond donors (Lipinski definition) is 0. The third-order valence-electron chi connectivity index (χ3n) is 3.66. The molecule has 0 spiro atoms. The fourth-order valence-electron chi connectivity index (χ4n) is 2.24. The minimum atomic E-state index is -0.446. The lowest BCUT2D eigenvalue weighted by Crippen LogP contribution is -2.12. The lowest BCUT2D eigenvalue weighted by Gasteiger charge is -2.07. The van der Waals surface area contributed by atoms with Crippen molar-refractivity contribution in [3.63, 3.8) is 0 Å². The maximum Gasteiger partial charge on any atom is 0.357 e. The Morgan fingerprint density at radius 3 is 2.38 bits per heavy atom. The molecule has 3 aromatic rings. The predicted molar refractivity (Wildman–Crippen MR) is 101 cm³/mol. The molecule has 0 bridgehead atoms. The third-order valence-corrected chi connectivity index (χ3v) is 4.55. The van der Waals surface area contributed by atoms with Gasteiger partial charge in [0.2, 0.25) is 0 Å². The van der Waals surface area contributed by atoms with Crippen LogP contribution >= 0.6 is 11.3 Å². The SMILES string of the molecule is COc1ccc(OCCOC(=O)c2csc(-c3ccc(C)cc3)n2)cc1. The molecule has 26 heavy (non-hydrogen) atoms. The van der Waals surface area contributed by atoms with Crippen LogP contribution in [-0.2, 0) is 4.74 Å². The first-order chi connectivity index (χ1) is 12.7. The van der Waals surface area contributed by atoms with Crippen molar-refractivity contribution in [1.29, 1.82) is 0 Å². The molecule has 5 nitrogen and oxygen atoms in total. The molecule has 0 N–H and O–H groups in total.